The molecular weight excluding hydrogens is 340 g/mol. The van der Waals surface area contributed by atoms with Crippen LogP contribution in [0.15, 0.2) is 41.3 Å². The van der Waals surface area contributed by atoms with Gasteiger partial charge in [-0.2, -0.15) is 0 Å². The number of sulfone groups is 1. The summed E-state index contributed by atoms with van der Waals surface area (Å²) in [6, 6.07) is 10.5. The van der Waals surface area contributed by atoms with Crippen molar-refractivity contribution in [3.8, 4) is 5.75 Å². The molecule has 2 rings (SSSR count). The molecular formula is C18H22N2O4S. The Morgan fingerprint density at radius 2 is 1.72 bits per heavy atom. The van der Waals surface area contributed by atoms with Gasteiger partial charge in [-0.05, 0) is 55.3 Å². The minimum Gasteiger partial charge on any atom is -0.497 e. The van der Waals surface area contributed by atoms with Crippen LogP contribution in [0.3, 0.4) is 0 Å². The van der Waals surface area contributed by atoms with Crippen LogP contribution >= 0.6 is 0 Å². The van der Waals surface area contributed by atoms with Crippen LogP contribution in [0, 0.1) is 13.8 Å². The highest BCUT2D eigenvalue weighted by Gasteiger charge is 2.17. The minimum atomic E-state index is -3.33. The first-order valence-electron chi connectivity index (χ1n) is 7.70. The third-order valence-electron chi connectivity index (χ3n) is 3.79. The molecule has 0 saturated heterocycles. The summed E-state index contributed by atoms with van der Waals surface area (Å²) >= 11 is 0. The van der Waals surface area contributed by atoms with E-state index in [0.29, 0.717) is 33.1 Å². The number of carbonyl (C=O) groups is 1. The fraction of sp³-hybridized carbons (Fsp3) is 0.278. The summed E-state index contributed by atoms with van der Waals surface area (Å²) in [4.78, 5) is 12.4. The number of aryl methyl sites for hydroxylation is 1. The molecule has 1 amide bonds. The van der Waals surface area contributed by atoms with Gasteiger partial charge in [-0.25, -0.2) is 8.42 Å². The number of hydrogen-bond acceptors (Lipinski definition) is 5. The van der Waals surface area contributed by atoms with Gasteiger partial charge in [-0.15, -0.1) is 0 Å². The average molecular weight is 362 g/mol. The Hall–Kier alpha value is -2.54. The molecule has 7 heteroatoms. The number of ether oxygens (including phenoxy) is 1. The van der Waals surface area contributed by atoms with Crippen molar-refractivity contribution in [1.29, 1.82) is 0 Å². The second-order valence-electron chi connectivity index (χ2n) is 5.79. The van der Waals surface area contributed by atoms with Gasteiger partial charge >= 0.3 is 0 Å². The van der Waals surface area contributed by atoms with E-state index in [1.165, 1.54) is 6.26 Å². The van der Waals surface area contributed by atoms with E-state index >= 15 is 0 Å². The zero-order chi connectivity index (χ0) is 18.6. The van der Waals surface area contributed by atoms with E-state index in [-0.39, 0.29) is 12.5 Å². The molecule has 0 spiro atoms. The van der Waals surface area contributed by atoms with Crippen LogP contribution in [-0.2, 0) is 14.6 Å². The van der Waals surface area contributed by atoms with Crippen molar-refractivity contribution in [2.45, 2.75) is 18.7 Å². The molecule has 134 valence electrons. The minimum absolute atomic E-state index is 0.0269. The van der Waals surface area contributed by atoms with Gasteiger partial charge < -0.3 is 15.4 Å². The predicted octanol–water partition coefficient (Wildman–Crippen LogP) is 2.77. The number of nitrogens with one attached hydrogen (secondary N) is 2. The lowest BCUT2D eigenvalue weighted by molar-refractivity contribution is -0.114. The maximum absolute atomic E-state index is 12.1. The van der Waals surface area contributed by atoms with E-state index < -0.39 is 9.84 Å². The van der Waals surface area contributed by atoms with E-state index in [9.17, 15) is 13.2 Å². The van der Waals surface area contributed by atoms with Gasteiger partial charge in [-0.1, -0.05) is 6.07 Å². The molecule has 2 aromatic carbocycles. The number of rotatable bonds is 6. The highest BCUT2D eigenvalue weighted by Crippen LogP contribution is 2.26. The first kappa shape index (κ1) is 18.8. The lowest BCUT2D eigenvalue weighted by Crippen LogP contribution is -2.22. The van der Waals surface area contributed by atoms with Crippen molar-refractivity contribution in [2.24, 2.45) is 0 Å². The van der Waals surface area contributed by atoms with E-state index in [0.717, 1.165) is 0 Å². The number of amides is 1. The Morgan fingerprint density at radius 1 is 1.08 bits per heavy atom. The van der Waals surface area contributed by atoms with Gasteiger partial charge in [-0.3, -0.25) is 4.79 Å². The van der Waals surface area contributed by atoms with E-state index in [2.05, 4.69) is 10.6 Å². The molecule has 0 aliphatic heterocycles. The third-order valence-corrected chi connectivity index (χ3v) is 5.16. The Kier molecular flexibility index (Phi) is 5.69. The third kappa shape index (κ3) is 4.73. The SMILES string of the molecule is COc1ccc(NC(=O)CNc2ccc(C)c(S(C)(=O)=O)c2C)cc1. The second-order valence-corrected chi connectivity index (χ2v) is 7.74. The van der Waals surface area contributed by atoms with Crippen LogP contribution in [0.5, 0.6) is 5.75 Å². The fourth-order valence-corrected chi connectivity index (χ4v) is 3.96. The Bertz CT molecular complexity index is 875. The predicted molar refractivity (Wildman–Crippen MR) is 99.1 cm³/mol. The molecule has 0 bridgehead atoms. The van der Waals surface area contributed by atoms with Gasteiger partial charge in [0.1, 0.15) is 5.75 Å². The summed E-state index contributed by atoms with van der Waals surface area (Å²) in [6.45, 7) is 3.51. The summed E-state index contributed by atoms with van der Waals surface area (Å²) < 4.78 is 28.9. The van der Waals surface area contributed by atoms with Crippen molar-refractivity contribution in [3.63, 3.8) is 0 Å². The monoisotopic (exact) mass is 362 g/mol. The average Bonchev–Trinajstić information content (AvgIpc) is 2.53. The van der Waals surface area contributed by atoms with Gasteiger partial charge in [0.15, 0.2) is 9.84 Å². The molecule has 0 atom stereocenters. The van der Waals surface area contributed by atoms with Crippen LogP contribution in [0.1, 0.15) is 11.1 Å². The topological polar surface area (TPSA) is 84.5 Å². The summed E-state index contributed by atoms with van der Waals surface area (Å²) in [5.74, 6) is 0.478. The maximum Gasteiger partial charge on any atom is 0.243 e. The highest BCUT2D eigenvalue weighted by molar-refractivity contribution is 7.90. The first-order valence-corrected chi connectivity index (χ1v) is 9.59. The van der Waals surface area contributed by atoms with Crippen molar-refractivity contribution < 1.29 is 17.9 Å². The summed E-state index contributed by atoms with van der Waals surface area (Å²) in [6.07, 6.45) is 1.18. The quantitative estimate of drug-likeness (QED) is 0.825. The Morgan fingerprint density at radius 3 is 2.28 bits per heavy atom. The van der Waals surface area contributed by atoms with Gasteiger partial charge in [0.25, 0.3) is 0 Å². The number of methoxy groups -OCH3 is 1. The second kappa shape index (κ2) is 7.57. The molecule has 0 heterocycles. The molecule has 0 unspecified atom stereocenters. The standard InChI is InChI=1S/C18H22N2O4S/c1-12-5-10-16(13(2)18(12)25(4,22)23)19-11-17(21)20-14-6-8-15(24-3)9-7-14/h5-10,19H,11H2,1-4H3,(H,20,21). The van der Waals surface area contributed by atoms with Gasteiger partial charge in [0.2, 0.25) is 5.91 Å². The molecule has 6 nitrogen and oxygen atoms in total. The maximum atomic E-state index is 12.1. The van der Waals surface area contributed by atoms with Crippen molar-refractivity contribution in [1.82, 2.24) is 0 Å². The summed E-state index contributed by atoms with van der Waals surface area (Å²) in [5, 5.41) is 5.76. The van der Waals surface area contributed by atoms with Crippen LogP contribution in [0.2, 0.25) is 0 Å². The lowest BCUT2D eigenvalue weighted by Gasteiger charge is -2.14. The molecule has 0 aliphatic carbocycles. The van der Waals surface area contributed by atoms with Gasteiger partial charge in [0, 0.05) is 17.6 Å². The molecule has 0 fully saturated rings. The van der Waals surface area contributed by atoms with Gasteiger partial charge in [0.05, 0.1) is 18.6 Å². The number of anilines is 2. The van der Waals surface area contributed by atoms with E-state index in [1.807, 2.05) is 0 Å². The Balaban J connectivity index is 2.07. The Labute approximate surface area is 148 Å². The first-order chi connectivity index (χ1) is 11.7. The van der Waals surface area contributed by atoms with Crippen LogP contribution in [-0.4, -0.2) is 34.2 Å². The normalized spacial score (nSPS) is 11.0. The molecule has 25 heavy (non-hydrogen) atoms. The number of hydrogen-bond donors (Lipinski definition) is 2. The smallest absolute Gasteiger partial charge is 0.243 e. The zero-order valence-corrected chi connectivity index (χ0v) is 15.5. The number of benzene rings is 2. The fourth-order valence-electron chi connectivity index (χ4n) is 2.64. The zero-order valence-electron chi connectivity index (χ0n) is 14.7. The largest absolute Gasteiger partial charge is 0.497 e. The van der Waals surface area contributed by atoms with E-state index in [4.69, 9.17) is 4.74 Å². The van der Waals surface area contributed by atoms with Crippen molar-refractivity contribution >= 4 is 27.1 Å². The van der Waals surface area contributed by atoms with E-state index in [1.54, 1.807) is 57.4 Å². The van der Waals surface area contributed by atoms with Crippen LogP contribution in [0.25, 0.3) is 0 Å². The van der Waals surface area contributed by atoms with Crippen LogP contribution < -0.4 is 15.4 Å². The molecule has 0 aliphatic rings. The molecule has 0 radical (unpaired) electrons. The van der Waals surface area contributed by atoms with Crippen molar-refractivity contribution in [2.75, 3.05) is 30.5 Å². The number of carbonyl (C=O) groups excluding carboxylic acids is 1. The summed E-state index contributed by atoms with van der Waals surface area (Å²) in [7, 11) is -1.76. The highest BCUT2D eigenvalue weighted by atomic mass is 32.2. The molecule has 0 aromatic heterocycles. The van der Waals surface area contributed by atoms with Crippen molar-refractivity contribution in [3.05, 3.63) is 47.5 Å². The van der Waals surface area contributed by atoms with Crippen LogP contribution in [0.4, 0.5) is 11.4 Å². The summed E-state index contributed by atoms with van der Waals surface area (Å²) in [5.41, 5.74) is 2.58. The molecule has 2 N–H and O–H groups in total. The molecule has 0 saturated carbocycles. The lowest BCUT2D eigenvalue weighted by atomic mass is 10.1. The molecule has 2 aromatic rings.